The lowest BCUT2D eigenvalue weighted by molar-refractivity contribution is -0.141. The molecule has 0 aliphatic rings. The Balaban J connectivity index is 2.49. The number of aliphatic carboxylic acids is 1. The molecule has 1 aromatic carbocycles. The van der Waals surface area contributed by atoms with Crippen LogP contribution in [0.5, 0.6) is 0 Å². The number of carbonyl (C=O) groups excluding carboxylic acids is 1. The minimum absolute atomic E-state index is 0.327. The molecule has 0 fully saturated rings. The third kappa shape index (κ3) is 4.85. The molecule has 6 heteroatoms. The van der Waals surface area contributed by atoms with Crippen LogP contribution in [-0.2, 0) is 4.79 Å². The highest BCUT2D eigenvalue weighted by molar-refractivity contribution is 9.10. The van der Waals surface area contributed by atoms with Crippen LogP contribution in [-0.4, -0.2) is 23.7 Å². The van der Waals surface area contributed by atoms with Gasteiger partial charge in [-0.05, 0) is 43.5 Å². The van der Waals surface area contributed by atoms with Gasteiger partial charge in [-0.3, -0.25) is 4.79 Å². The van der Waals surface area contributed by atoms with Gasteiger partial charge in [0.05, 0.1) is 5.92 Å². The van der Waals surface area contributed by atoms with Gasteiger partial charge in [-0.1, -0.05) is 22.9 Å². The summed E-state index contributed by atoms with van der Waals surface area (Å²) < 4.78 is 1.03. The first-order valence-corrected chi connectivity index (χ1v) is 7.15. The van der Waals surface area contributed by atoms with Crippen molar-refractivity contribution in [3.8, 4) is 0 Å². The molecule has 2 amide bonds. The number of benzene rings is 1. The van der Waals surface area contributed by atoms with Gasteiger partial charge in [0.25, 0.3) is 0 Å². The number of aryl methyl sites for hydroxylation is 2. The van der Waals surface area contributed by atoms with Crippen molar-refractivity contribution in [3.05, 3.63) is 27.7 Å². The zero-order valence-electron chi connectivity index (χ0n) is 11.8. The predicted molar refractivity (Wildman–Crippen MR) is 82.1 cm³/mol. The number of hydrogen-bond donors (Lipinski definition) is 3. The van der Waals surface area contributed by atoms with Crippen molar-refractivity contribution >= 4 is 33.6 Å². The maximum absolute atomic E-state index is 11.7. The second-order valence-corrected chi connectivity index (χ2v) is 5.63. The fourth-order valence-corrected chi connectivity index (χ4v) is 1.95. The van der Waals surface area contributed by atoms with Crippen LogP contribution in [0.3, 0.4) is 0 Å². The number of carboxylic acids is 1. The zero-order chi connectivity index (χ0) is 15.3. The van der Waals surface area contributed by atoms with Crippen LogP contribution >= 0.6 is 15.9 Å². The fraction of sp³-hybridized carbons (Fsp3) is 0.429. The summed E-state index contributed by atoms with van der Waals surface area (Å²) >= 11 is 3.47. The van der Waals surface area contributed by atoms with E-state index < -0.39 is 11.9 Å². The van der Waals surface area contributed by atoms with Crippen LogP contribution in [0, 0.1) is 19.8 Å². The maximum Gasteiger partial charge on any atom is 0.319 e. The summed E-state index contributed by atoms with van der Waals surface area (Å²) in [6.07, 6.45) is 0.404. The molecule has 0 spiro atoms. The fourth-order valence-electron chi connectivity index (χ4n) is 1.72. The van der Waals surface area contributed by atoms with Crippen molar-refractivity contribution in [2.24, 2.45) is 5.92 Å². The number of carbonyl (C=O) groups is 2. The smallest absolute Gasteiger partial charge is 0.319 e. The average Bonchev–Trinajstić information content (AvgIpc) is 2.35. The molecule has 0 radical (unpaired) electrons. The zero-order valence-corrected chi connectivity index (χ0v) is 13.4. The van der Waals surface area contributed by atoms with Gasteiger partial charge in [0.2, 0.25) is 0 Å². The van der Waals surface area contributed by atoms with Crippen molar-refractivity contribution in [2.75, 3.05) is 11.9 Å². The minimum atomic E-state index is -0.855. The highest BCUT2D eigenvalue weighted by Gasteiger charge is 2.11. The van der Waals surface area contributed by atoms with Crippen molar-refractivity contribution < 1.29 is 14.7 Å². The van der Waals surface area contributed by atoms with Crippen molar-refractivity contribution in [3.63, 3.8) is 0 Å². The lowest BCUT2D eigenvalue weighted by Gasteiger charge is -2.11. The summed E-state index contributed by atoms with van der Waals surface area (Å²) in [7, 11) is 0. The number of rotatable bonds is 5. The number of carboxylic acid groups (broad SMARTS) is 1. The van der Waals surface area contributed by atoms with Gasteiger partial charge in [0.15, 0.2) is 0 Å². The van der Waals surface area contributed by atoms with E-state index in [9.17, 15) is 9.59 Å². The summed E-state index contributed by atoms with van der Waals surface area (Å²) in [5.41, 5.74) is 2.80. The van der Waals surface area contributed by atoms with Crippen LogP contribution < -0.4 is 10.6 Å². The van der Waals surface area contributed by atoms with Gasteiger partial charge < -0.3 is 15.7 Å². The Bertz CT molecular complexity index is 494. The standard InChI is InChI=1S/C14H19BrN2O3/c1-8(13(18)19)4-5-16-14(20)17-11-6-9(2)12(15)10(3)7-11/h6-8H,4-5H2,1-3H3,(H,18,19)(H2,16,17,20). The molecule has 1 unspecified atom stereocenters. The molecule has 1 atom stereocenters. The summed E-state index contributed by atoms with van der Waals surface area (Å²) in [6, 6.07) is 3.41. The number of hydrogen-bond acceptors (Lipinski definition) is 2. The number of amides is 2. The van der Waals surface area contributed by atoms with E-state index in [4.69, 9.17) is 5.11 Å². The largest absolute Gasteiger partial charge is 0.481 e. The molecule has 1 aromatic rings. The molecular formula is C14H19BrN2O3. The molecule has 0 aliphatic heterocycles. The maximum atomic E-state index is 11.7. The summed E-state index contributed by atoms with van der Waals surface area (Å²) in [4.78, 5) is 22.3. The number of urea groups is 1. The molecule has 3 N–H and O–H groups in total. The molecule has 20 heavy (non-hydrogen) atoms. The Hall–Kier alpha value is -1.56. The number of halogens is 1. The third-order valence-electron chi connectivity index (χ3n) is 2.98. The van der Waals surface area contributed by atoms with Crippen LogP contribution in [0.2, 0.25) is 0 Å². The Morgan fingerprint density at radius 1 is 1.30 bits per heavy atom. The monoisotopic (exact) mass is 342 g/mol. The number of nitrogens with one attached hydrogen (secondary N) is 2. The lowest BCUT2D eigenvalue weighted by atomic mass is 10.1. The summed E-state index contributed by atoms with van der Waals surface area (Å²) in [5, 5.41) is 14.1. The number of anilines is 1. The van der Waals surface area contributed by atoms with Crippen LogP contribution in [0.1, 0.15) is 24.5 Å². The molecule has 0 saturated carbocycles. The van der Waals surface area contributed by atoms with Crippen LogP contribution in [0.4, 0.5) is 10.5 Å². The molecule has 1 rings (SSSR count). The molecule has 0 aromatic heterocycles. The normalized spacial score (nSPS) is 11.8. The van der Waals surface area contributed by atoms with E-state index in [1.54, 1.807) is 6.92 Å². The Morgan fingerprint density at radius 3 is 2.35 bits per heavy atom. The highest BCUT2D eigenvalue weighted by atomic mass is 79.9. The lowest BCUT2D eigenvalue weighted by Crippen LogP contribution is -2.31. The first kappa shape index (κ1) is 16.5. The Morgan fingerprint density at radius 2 is 1.85 bits per heavy atom. The quantitative estimate of drug-likeness (QED) is 0.768. The minimum Gasteiger partial charge on any atom is -0.481 e. The third-order valence-corrected chi connectivity index (χ3v) is 4.23. The topological polar surface area (TPSA) is 78.4 Å². The first-order valence-electron chi connectivity index (χ1n) is 6.35. The van der Waals surface area contributed by atoms with Crippen LogP contribution in [0.25, 0.3) is 0 Å². The summed E-state index contributed by atoms with van der Waals surface area (Å²) in [5.74, 6) is -1.32. The molecule has 0 heterocycles. The van der Waals surface area contributed by atoms with E-state index in [-0.39, 0.29) is 6.03 Å². The van der Waals surface area contributed by atoms with Gasteiger partial charge in [-0.2, -0.15) is 0 Å². The summed E-state index contributed by atoms with van der Waals surface area (Å²) in [6.45, 7) is 5.85. The molecule has 0 saturated heterocycles. The second kappa shape index (κ2) is 7.28. The Kier molecular flexibility index (Phi) is 6.01. The van der Waals surface area contributed by atoms with E-state index >= 15 is 0 Å². The Labute approximate surface area is 126 Å². The van der Waals surface area contributed by atoms with Crippen molar-refractivity contribution in [2.45, 2.75) is 27.2 Å². The molecule has 0 aliphatic carbocycles. The van der Waals surface area contributed by atoms with E-state index in [2.05, 4.69) is 26.6 Å². The predicted octanol–water partition coefficient (Wildman–Crippen LogP) is 3.30. The highest BCUT2D eigenvalue weighted by Crippen LogP contribution is 2.24. The van der Waals surface area contributed by atoms with Gasteiger partial charge >= 0.3 is 12.0 Å². The molecule has 0 bridgehead atoms. The average molecular weight is 343 g/mol. The van der Waals surface area contributed by atoms with E-state index in [1.807, 2.05) is 26.0 Å². The van der Waals surface area contributed by atoms with Crippen LogP contribution in [0.15, 0.2) is 16.6 Å². The van der Waals surface area contributed by atoms with Gasteiger partial charge in [0.1, 0.15) is 0 Å². The van der Waals surface area contributed by atoms with E-state index in [0.717, 1.165) is 15.6 Å². The SMILES string of the molecule is Cc1cc(NC(=O)NCCC(C)C(=O)O)cc(C)c1Br. The first-order chi connectivity index (χ1) is 9.31. The second-order valence-electron chi connectivity index (χ2n) is 4.83. The van der Waals surface area contributed by atoms with Gasteiger partial charge in [0, 0.05) is 16.7 Å². The van der Waals surface area contributed by atoms with Gasteiger partial charge in [-0.15, -0.1) is 0 Å². The van der Waals surface area contributed by atoms with Crippen molar-refractivity contribution in [1.82, 2.24) is 5.32 Å². The molecule has 5 nitrogen and oxygen atoms in total. The molecular weight excluding hydrogens is 324 g/mol. The van der Waals surface area contributed by atoms with E-state index in [0.29, 0.717) is 18.7 Å². The van der Waals surface area contributed by atoms with E-state index in [1.165, 1.54) is 0 Å². The van der Waals surface area contributed by atoms with Gasteiger partial charge in [-0.25, -0.2) is 4.79 Å². The van der Waals surface area contributed by atoms with Crippen molar-refractivity contribution in [1.29, 1.82) is 0 Å². The molecule has 110 valence electrons.